The Balaban J connectivity index is 1.44. The maximum Gasteiger partial charge on any atom is 0.119 e. The summed E-state index contributed by atoms with van der Waals surface area (Å²) in [7, 11) is 0. The number of imidazole rings is 1. The third-order valence-electron chi connectivity index (χ3n) is 3.72. The van der Waals surface area contributed by atoms with Gasteiger partial charge in [-0.25, -0.2) is 4.98 Å². The van der Waals surface area contributed by atoms with E-state index in [4.69, 9.17) is 0 Å². The second-order valence-electron chi connectivity index (χ2n) is 5.42. The van der Waals surface area contributed by atoms with Crippen LogP contribution in [0, 0.1) is 0 Å². The Morgan fingerprint density at radius 2 is 1.80 bits per heavy atom. The van der Waals surface area contributed by atoms with Crippen molar-refractivity contribution >= 4 is 11.8 Å². The fraction of sp³-hybridized carbons (Fsp3) is 0.0526. The summed E-state index contributed by atoms with van der Waals surface area (Å²) >= 11 is 1.65. The van der Waals surface area contributed by atoms with Crippen LogP contribution in [0.3, 0.4) is 0 Å². The van der Waals surface area contributed by atoms with Crippen molar-refractivity contribution in [2.75, 3.05) is 0 Å². The number of hydrogen-bond donors (Lipinski definition) is 0. The van der Waals surface area contributed by atoms with Crippen LogP contribution in [-0.2, 0) is 5.75 Å². The zero-order chi connectivity index (χ0) is 16.9. The highest BCUT2D eigenvalue weighted by Crippen LogP contribution is 2.23. The summed E-state index contributed by atoms with van der Waals surface area (Å²) in [6, 6.07) is 16.2. The number of aromatic nitrogens is 5. The molecule has 0 bridgehead atoms. The third-order valence-corrected chi connectivity index (χ3v) is 4.71. The predicted molar refractivity (Wildman–Crippen MR) is 98.4 cm³/mol. The summed E-state index contributed by atoms with van der Waals surface area (Å²) in [4.78, 5) is 8.18. The molecule has 0 aliphatic rings. The monoisotopic (exact) mass is 345 g/mol. The lowest BCUT2D eigenvalue weighted by molar-refractivity contribution is 0.935. The number of pyridine rings is 1. The first kappa shape index (κ1) is 15.5. The number of rotatable bonds is 5. The Bertz CT molecular complexity index is 920. The fourth-order valence-electron chi connectivity index (χ4n) is 2.41. The van der Waals surface area contributed by atoms with Crippen molar-refractivity contribution in [2.45, 2.75) is 10.8 Å². The lowest BCUT2D eigenvalue weighted by Gasteiger charge is -2.05. The minimum absolute atomic E-state index is 0.835. The van der Waals surface area contributed by atoms with Gasteiger partial charge in [-0.15, -0.1) is 10.2 Å². The van der Waals surface area contributed by atoms with Crippen molar-refractivity contribution in [3.63, 3.8) is 0 Å². The van der Waals surface area contributed by atoms with Crippen molar-refractivity contribution in [3.8, 4) is 16.9 Å². The van der Waals surface area contributed by atoms with E-state index in [0.717, 1.165) is 27.7 Å². The van der Waals surface area contributed by atoms with E-state index in [-0.39, 0.29) is 0 Å². The van der Waals surface area contributed by atoms with E-state index >= 15 is 0 Å². The molecule has 6 heteroatoms. The quantitative estimate of drug-likeness (QED) is 0.511. The van der Waals surface area contributed by atoms with Crippen molar-refractivity contribution < 1.29 is 0 Å². The molecule has 0 N–H and O–H groups in total. The molecule has 0 saturated carbocycles. The Hall–Kier alpha value is -2.99. The second kappa shape index (κ2) is 7.27. The molecule has 4 aromatic rings. The number of benzene rings is 1. The Morgan fingerprint density at radius 1 is 0.880 bits per heavy atom. The van der Waals surface area contributed by atoms with Gasteiger partial charge in [-0.2, -0.15) is 0 Å². The summed E-state index contributed by atoms with van der Waals surface area (Å²) < 4.78 is 1.97. The minimum Gasteiger partial charge on any atom is -0.306 e. The average Bonchev–Trinajstić information content (AvgIpc) is 3.23. The minimum atomic E-state index is 0.835. The van der Waals surface area contributed by atoms with Gasteiger partial charge in [0, 0.05) is 41.8 Å². The van der Waals surface area contributed by atoms with Gasteiger partial charge in [-0.1, -0.05) is 30.0 Å². The van der Waals surface area contributed by atoms with Crippen molar-refractivity contribution in [1.82, 2.24) is 24.7 Å². The van der Waals surface area contributed by atoms with Crippen molar-refractivity contribution in [3.05, 3.63) is 85.2 Å². The van der Waals surface area contributed by atoms with Gasteiger partial charge >= 0.3 is 0 Å². The van der Waals surface area contributed by atoms with Crippen LogP contribution in [0.5, 0.6) is 0 Å². The van der Waals surface area contributed by atoms with Gasteiger partial charge in [0.1, 0.15) is 5.03 Å². The van der Waals surface area contributed by atoms with Crippen LogP contribution < -0.4 is 0 Å². The normalized spacial score (nSPS) is 10.7. The summed E-state index contributed by atoms with van der Waals surface area (Å²) in [6.07, 6.45) is 9.12. The maximum atomic E-state index is 4.35. The summed E-state index contributed by atoms with van der Waals surface area (Å²) in [5, 5.41) is 9.57. The van der Waals surface area contributed by atoms with Gasteiger partial charge in [0.25, 0.3) is 0 Å². The molecule has 0 aliphatic heterocycles. The first-order chi connectivity index (χ1) is 12.4. The van der Waals surface area contributed by atoms with Crippen LogP contribution >= 0.6 is 11.8 Å². The molecule has 3 aromatic heterocycles. The molecule has 0 unspecified atom stereocenters. The molecule has 0 amide bonds. The largest absolute Gasteiger partial charge is 0.306 e. The molecule has 0 atom stereocenters. The zero-order valence-corrected chi connectivity index (χ0v) is 14.2. The van der Waals surface area contributed by atoms with Crippen LogP contribution in [-0.4, -0.2) is 24.7 Å². The van der Waals surface area contributed by atoms with E-state index < -0.39 is 0 Å². The predicted octanol–water partition coefficient (Wildman–Crippen LogP) is 4.02. The highest BCUT2D eigenvalue weighted by atomic mass is 32.2. The molecule has 122 valence electrons. The Morgan fingerprint density at radius 3 is 2.48 bits per heavy atom. The Labute approximate surface area is 149 Å². The molecular formula is C19H15N5S. The van der Waals surface area contributed by atoms with E-state index in [1.807, 2.05) is 59.4 Å². The molecule has 4 rings (SSSR count). The van der Waals surface area contributed by atoms with Gasteiger partial charge in [0.2, 0.25) is 0 Å². The molecule has 25 heavy (non-hydrogen) atoms. The van der Waals surface area contributed by atoms with Crippen molar-refractivity contribution in [1.29, 1.82) is 0 Å². The lowest BCUT2D eigenvalue weighted by atomic mass is 10.1. The highest BCUT2D eigenvalue weighted by Gasteiger charge is 2.03. The highest BCUT2D eigenvalue weighted by molar-refractivity contribution is 7.98. The molecule has 0 fully saturated rings. The first-order valence-electron chi connectivity index (χ1n) is 7.83. The molecule has 0 saturated heterocycles. The van der Waals surface area contributed by atoms with E-state index in [1.54, 1.807) is 30.5 Å². The number of hydrogen-bond acceptors (Lipinski definition) is 5. The second-order valence-corrected chi connectivity index (χ2v) is 6.42. The van der Waals surface area contributed by atoms with E-state index in [9.17, 15) is 0 Å². The summed E-state index contributed by atoms with van der Waals surface area (Å²) in [5.41, 5.74) is 4.15. The molecule has 3 heterocycles. The SMILES string of the molecule is c1cncc(CSc2ccc(-c3ccc(-n4ccnc4)cc3)nn2)c1. The van der Waals surface area contributed by atoms with Crippen LogP contribution in [0.25, 0.3) is 16.9 Å². The lowest BCUT2D eigenvalue weighted by Crippen LogP contribution is -1.92. The van der Waals surface area contributed by atoms with Gasteiger partial charge in [0.05, 0.1) is 12.0 Å². The van der Waals surface area contributed by atoms with Crippen LogP contribution in [0.15, 0.2) is 84.7 Å². The Kier molecular flexibility index (Phi) is 4.52. The standard InChI is InChI=1S/C19H15N5S/c1-2-15(12-20-9-1)13-25-19-8-7-18(22-23-19)16-3-5-17(6-4-16)24-11-10-21-14-24/h1-12,14H,13H2. The van der Waals surface area contributed by atoms with Gasteiger partial charge in [-0.05, 0) is 35.9 Å². The molecule has 0 spiro atoms. The summed E-state index contributed by atoms with van der Waals surface area (Å²) in [5.74, 6) is 0.835. The van der Waals surface area contributed by atoms with Gasteiger partial charge in [0.15, 0.2) is 0 Å². The first-order valence-corrected chi connectivity index (χ1v) is 8.81. The molecular weight excluding hydrogens is 330 g/mol. The molecule has 1 aromatic carbocycles. The third kappa shape index (κ3) is 3.75. The van der Waals surface area contributed by atoms with E-state index in [2.05, 4.69) is 26.2 Å². The van der Waals surface area contributed by atoms with Gasteiger partial charge < -0.3 is 4.57 Å². The number of thioether (sulfide) groups is 1. The van der Waals surface area contributed by atoms with E-state index in [1.165, 1.54) is 5.56 Å². The zero-order valence-electron chi connectivity index (χ0n) is 13.4. The smallest absolute Gasteiger partial charge is 0.119 e. The van der Waals surface area contributed by atoms with Crippen LogP contribution in [0.2, 0.25) is 0 Å². The van der Waals surface area contributed by atoms with Crippen LogP contribution in [0.4, 0.5) is 0 Å². The van der Waals surface area contributed by atoms with E-state index in [0.29, 0.717) is 0 Å². The fourth-order valence-corrected chi connectivity index (χ4v) is 3.16. The topological polar surface area (TPSA) is 56.5 Å². The molecule has 0 radical (unpaired) electrons. The average molecular weight is 345 g/mol. The van der Waals surface area contributed by atoms with Crippen molar-refractivity contribution in [2.24, 2.45) is 0 Å². The van der Waals surface area contributed by atoms with Crippen LogP contribution in [0.1, 0.15) is 5.56 Å². The molecule has 5 nitrogen and oxygen atoms in total. The summed E-state index contributed by atoms with van der Waals surface area (Å²) in [6.45, 7) is 0. The number of nitrogens with zero attached hydrogens (tertiary/aromatic N) is 5. The molecule has 0 aliphatic carbocycles. The maximum absolute atomic E-state index is 4.35. The van der Waals surface area contributed by atoms with Gasteiger partial charge in [-0.3, -0.25) is 4.98 Å².